The van der Waals surface area contributed by atoms with E-state index in [1.807, 2.05) is 0 Å². The summed E-state index contributed by atoms with van der Waals surface area (Å²) in [6.45, 7) is 4.69. The summed E-state index contributed by atoms with van der Waals surface area (Å²) in [6, 6.07) is 75.7. The van der Waals surface area contributed by atoms with Crippen LogP contribution in [0.15, 0.2) is 206 Å². The fraction of sp³-hybridized carbons (Fsp3) is 0.0545. The van der Waals surface area contributed by atoms with Crippen LogP contribution in [-0.4, -0.2) is 4.57 Å². The van der Waals surface area contributed by atoms with Crippen LogP contribution < -0.4 is 4.90 Å². The van der Waals surface area contributed by atoms with Gasteiger partial charge in [-0.3, -0.25) is 0 Å². The molecule has 0 radical (unpaired) electrons. The van der Waals surface area contributed by atoms with Gasteiger partial charge in [-0.1, -0.05) is 166 Å². The van der Waals surface area contributed by atoms with Crippen molar-refractivity contribution in [3.05, 3.63) is 217 Å². The third-order valence-electron chi connectivity index (χ3n) is 12.2. The molecule has 10 aromatic rings. The van der Waals surface area contributed by atoms with E-state index < -0.39 is 0 Å². The van der Waals surface area contributed by atoms with Crippen LogP contribution in [-0.2, 0) is 5.41 Å². The number of para-hydroxylation sites is 3. The highest BCUT2D eigenvalue weighted by atomic mass is 15.1. The Balaban J connectivity index is 1.09. The van der Waals surface area contributed by atoms with Crippen molar-refractivity contribution in [3.8, 4) is 39.1 Å². The minimum Gasteiger partial charge on any atom is -0.310 e. The Kier molecular flexibility index (Phi) is 7.55. The first-order chi connectivity index (χ1) is 28.0. The van der Waals surface area contributed by atoms with Gasteiger partial charge in [-0.15, -0.1) is 0 Å². The molecule has 2 heteroatoms. The highest BCUT2D eigenvalue weighted by molar-refractivity contribution is 6.10. The van der Waals surface area contributed by atoms with Gasteiger partial charge in [0.25, 0.3) is 0 Å². The third kappa shape index (κ3) is 5.25. The molecule has 0 spiro atoms. The first kappa shape index (κ1) is 33.2. The van der Waals surface area contributed by atoms with E-state index in [-0.39, 0.29) is 5.41 Å². The van der Waals surface area contributed by atoms with Crippen LogP contribution in [0.2, 0.25) is 0 Å². The molecule has 1 heterocycles. The number of nitrogens with zero attached hydrogens (tertiary/aromatic N) is 2. The van der Waals surface area contributed by atoms with E-state index in [9.17, 15) is 0 Å². The topological polar surface area (TPSA) is 8.17 Å². The van der Waals surface area contributed by atoms with Crippen molar-refractivity contribution in [2.45, 2.75) is 19.3 Å². The first-order valence-corrected chi connectivity index (χ1v) is 19.9. The molecule has 0 bridgehead atoms. The lowest BCUT2D eigenvalue weighted by atomic mass is 9.82. The molecule has 2 nitrogen and oxygen atoms in total. The average Bonchev–Trinajstić information content (AvgIpc) is 3.72. The maximum Gasteiger partial charge on any atom is 0.0541 e. The molecule has 57 heavy (non-hydrogen) atoms. The van der Waals surface area contributed by atoms with Gasteiger partial charge >= 0.3 is 0 Å². The van der Waals surface area contributed by atoms with E-state index in [1.54, 1.807) is 0 Å². The van der Waals surface area contributed by atoms with Crippen molar-refractivity contribution in [2.75, 3.05) is 4.90 Å². The van der Waals surface area contributed by atoms with E-state index in [4.69, 9.17) is 0 Å². The lowest BCUT2D eigenvalue weighted by molar-refractivity contribution is 0.660. The Morgan fingerprint density at radius 1 is 0.386 bits per heavy atom. The molecule has 0 atom stereocenters. The Morgan fingerprint density at radius 2 is 0.947 bits per heavy atom. The lowest BCUT2D eigenvalue weighted by Gasteiger charge is -2.29. The van der Waals surface area contributed by atoms with Gasteiger partial charge in [0.15, 0.2) is 0 Å². The zero-order chi connectivity index (χ0) is 38.1. The van der Waals surface area contributed by atoms with E-state index >= 15 is 0 Å². The molecule has 0 saturated heterocycles. The zero-order valence-corrected chi connectivity index (χ0v) is 32.0. The number of hydrogen-bond acceptors (Lipinski definition) is 1. The number of rotatable bonds is 6. The van der Waals surface area contributed by atoms with Crippen molar-refractivity contribution in [2.24, 2.45) is 0 Å². The SMILES string of the molecule is CC1(C)c2ccccc2-c2cc(N(c3ccc(-c4cc(-n5c6ccccc6c6ccccc65)cc5ccccc45)cc3)c3ccccc3-c3ccccc3)ccc21. The molecule has 0 fully saturated rings. The van der Waals surface area contributed by atoms with Gasteiger partial charge in [-0.2, -0.15) is 0 Å². The summed E-state index contributed by atoms with van der Waals surface area (Å²) >= 11 is 0. The van der Waals surface area contributed by atoms with Crippen LogP contribution in [0.3, 0.4) is 0 Å². The summed E-state index contributed by atoms with van der Waals surface area (Å²) < 4.78 is 2.42. The summed E-state index contributed by atoms with van der Waals surface area (Å²) in [5.74, 6) is 0. The lowest BCUT2D eigenvalue weighted by Crippen LogP contribution is -2.15. The maximum atomic E-state index is 2.44. The van der Waals surface area contributed by atoms with Gasteiger partial charge in [0, 0.05) is 38.8 Å². The van der Waals surface area contributed by atoms with Crippen molar-refractivity contribution in [1.29, 1.82) is 0 Å². The van der Waals surface area contributed by atoms with Gasteiger partial charge in [-0.25, -0.2) is 0 Å². The molecular weight excluding hydrogens is 689 g/mol. The summed E-state index contributed by atoms with van der Waals surface area (Å²) in [5.41, 5.74) is 17.1. The predicted octanol–water partition coefficient (Wildman–Crippen LogP) is 15.0. The molecule has 9 aromatic carbocycles. The van der Waals surface area contributed by atoms with E-state index in [1.165, 1.54) is 77.1 Å². The summed E-state index contributed by atoms with van der Waals surface area (Å²) in [5, 5.41) is 4.99. The Bertz CT molecular complexity index is 3100. The van der Waals surface area contributed by atoms with Gasteiger partial charge in [0.05, 0.1) is 16.7 Å². The van der Waals surface area contributed by atoms with E-state index in [0.717, 1.165) is 22.7 Å². The van der Waals surface area contributed by atoms with Crippen LogP contribution >= 0.6 is 0 Å². The first-order valence-electron chi connectivity index (χ1n) is 19.9. The Labute approximate surface area is 333 Å². The maximum absolute atomic E-state index is 2.44. The van der Waals surface area contributed by atoms with Gasteiger partial charge in [-0.05, 0) is 104 Å². The van der Waals surface area contributed by atoms with Crippen LogP contribution in [0.25, 0.3) is 71.6 Å². The molecule has 11 rings (SSSR count). The summed E-state index contributed by atoms with van der Waals surface area (Å²) in [7, 11) is 0. The van der Waals surface area contributed by atoms with Crippen molar-refractivity contribution < 1.29 is 0 Å². The zero-order valence-electron chi connectivity index (χ0n) is 32.0. The van der Waals surface area contributed by atoms with Crippen LogP contribution in [0, 0.1) is 0 Å². The van der Waals surface area contributed by atoms with Crippen LogP contribution in [0.5, 0.6) is 0 Å². The smallest absolute Gasteiger partial charge is 0.0541 e. The second-order valence-corrected chi connectivity index (χ2v) is 15.8. The fourth-order valence-corrected chi connectivity index (χ4v) is 9.46. The standard InChI is InChI=1S/C55H40N2/c1-55(2)50-24-12-8-21-45(50)49-35-41(32-33-51(49)55)56(52-25-13-9-20-44(52)37-16-4-3-5-17-37)40-30-28-38(29-31-40)48-36-42(34-39-18-6-7-19-43(39)48)57-53-26-14-10-22-46(53)47-23-11-15-27-54(47)57/h3-36H,1-2H3. The van der Waals surface area contributed by atoms with E-state index in [2.05, 4.69) is 230 Å². The normalized spacial score (nSPS) is 12.9. The minimum atomic E-state index is -0.0601. The Morgan fingerprint density at radius 3 is 1.70 bits per heavy atom. The fourth-order valence-electron chi connectivity index (χ4n) is 9.46. The number of hydrogen-bond donors (Lipinski definition) is 0. The van der Waals surface area contributed by atoms with Crippen molar-refractivity contribution in [3.63, 3.8) is 0 Å². The second kappa shape index (κ2) is 13.0. The number of fused-ring (bicyclic) bond motifs is 7. The largest absolute Gasteiger partial charge is 0.310 e. The van der Waals surface area contributed by atoms with Crippen molar-refractivity contribution >= 4 is 49.6 Å². The molecule has 1 aromatic heterocycles. The van der Waals surface area contributed by atoms with Gasteiger partial charge < -0.3 is 9.47 Å². The van der Waals surface area contributed by atoms with Gasteiger partial charge in [0.2, 0.25) is 0 Å². The minimum absolute atomic E-state index is 0.0601. The quantitative estimate of drug-likeness (QED) is 0.165. The number of anilines is 3. The van der Waals surface area contributed by atoms with Gasteiger partial charge in [0.1, 0.15) is 0 Å². The monoisotopic (exact) mass is 728 g/mol. The molecule has 0 unspecified atom stereocenters. The summed E-state index contributed by atoms with van der Waals surface area (Å²) in [4.78, 5) is 2.44. The second-order valence-electron chi connectivity index (χ2n) is 15.8. The molecule has 0 saturated carbocycles. The molecular formula is C55H40N2. The molecule has 1 aliphatic rings. The van der Waals surface area contributed by atoms with E-state index in [0.29, 0.717) is 0 Å². The highest BCUT2D eigenvalue weighted by Gasteiger charge is 2.35. The number of aromatic nitrogens is 1. The number of benzene rings is 9. The molecule has 0 N–H and O–H groups in total. The summed E-state index contributed by atoms with van der Waals surface area (Å²) in [6.07, 6.45) is 0. The Hall–Kier alpha value is -7.16. The molecule has 0 amide bonds. The predicted molar refractivity (Wildman–Crippen MR) is 241 cm³/mol. The molecule has 0 aliphatic heterocycles. The van der Waals surface area contributed by atoms with Crippen LogP contribution in [0.1, 0.15) is 25.0 Å². The molecule has 270 valence electrons. The average molecular weight is 729 g/mol. The third-order valence-corrected chi connectivity index (χ3v) is 12.2. The van der Waals surface area contributed by atoms with Crippen LogP contribution in [0.4, 0.5) is 17.1 Å². The van der Waals surface area contributed by atoms with Crippen molar-refractivity contribution in [1.82, 2.24) is 4.57 Å². The molecule has 1 aliphatic carbocycles. The highest BCUT2D eigenvalue weighted by Crippen LogP contribution is 2.51.